The number of hydrogen-bond acceptors (Lipinski definition) is 4. The van der Waals surface area contributed by atoms with Crippen molar-refractivity contribution in [3.8, 4) is 5.75 Å². The Labute approximate surface area is 134 Å². The van der Waals surface area contributed by atoms with E-state index in [1.54, 1.807) is 17.8 Å². The van der Waals surface area contributed by atoms with Gasteiger partial charge in [0.05, 0.1) is 19.2 Å². The molecule has 0 bridgehead atoms. The molecule has 1 fully saturated rings. The normalized spacial score (nSPS) is 21.7. The molecule has 2 aromatic rings. The molecule has 0 amide bonds. The van der Waals surface area contributed by atoms with Crippen molar-refractivity contribution in [3.63, 3.8) is 0 Å². The first-order chi connectivity index (χ1) is 10.7. The van der Waals surface area contributed by atoms with Gasteiger partial charge >= 0.3 is 5.97 Å². The molecule has 0 saturated carbocycles. The van der Waals surface area contributed by atoms with E-state index in [1.807, 2.05) is 24.3 Å². The predicted molar refractivity (Wildman–Crippen MR) is 88.3 cm³/mol. The summed E-state index contributed by atoms with van der Waals surface area (Å²) in [7, 11) is 1.44. The molecule has 2 aromatic carbocycles. The second kappa shape index (κ2) is 6.58. The molecule has 1 aliphatic rings. The summed E-state index contributed by atoms with van der Waals surface area (Å²) in [6.07, 6.45) is 0. The maximum absolute atomic E-state index is 11.7. The SMILES string of the molecule is COC(=O)[C@@H]1C[NH+](Cc2c(O)ccc3ccccc23)CCS1. The molecule has 4 nitrogen and oxygen atoms in total. The van der Waals surface area contributed by atoms with Gasteiger partial charge in [0, 0.05) is 5.75 Å². The van der Waals surface area contributed by atoms with Gasteiger partial charge in [-0.3, -0.25) is 4.79 Å². The number of ether oxygens (including phenoxy) is 1. The van der Waals surface area contributed by atoms with Crippen molar-refractivity contribution < 1.29 is 19.5 Å². The Morgan fingerprint density at radius 1 is 1.36 bits per heavy atom. The predicted octanol–water partition coefficient (Wildman–Crippen LogP) is 1.22. The topological polar surface area (TPSA) is 51.0 Å². The van der Waals surface area contributed by atoms with Crippen LogP contribution in [0.3, 0.4) is 0 Å². The molecule has 1 unspecified atom stereocenters. The lowest BCUT2D eigenvalue weighted by molar-refractivity contribution is -0.911. The van der Waals surface area contributed by atoms with Crippen LogP contribution in [0.4, 0.5) is 0 Å². The fraction of sp³-hybridized carbons (Fsp3) is 0.353. The first-order valence-electron chi connectivity index (χ1n) is 7.41. The molecule has 2 atom stereocenters. The molecule has 22 heavy (non-hydrogen) atoms. The van der Waals surface area contributed by atoms with Crippen molar-refractivity contribution in [1.82, 2.24) is 0 Å². The van der Waals surface area contributed by atoms with Crippen molar-refractivity contribution >= 4 is 28.5 Å². The third kappa shape index (κ3) is 3.05. The van der Waals surface area contributed by atoms with Crippen LogP contribution in [0.2, 0.25) is 0 Å². The van der Waals surface area contributed by atoms with Crippen LogP contribution in [0.1, 0.15) is 5.56 Å². The second-order valence-corrected chi connectivity index (χ2v) is 6.86. The fourth-order valence-electron chi connectivity index (χ4n) is 2.97. The molecule has 0 aromatic heterocycles. The number of rotatable bonds is 3. The number of esters is 1. The van der Waals surface area contributed by atoms with Gasteiger partial charge < -0.3 is 14.7 Å². The Morgan fingerprint density at radius 3 is 3.00 bits per heavy atom. The molecule has 5 heteroatoms. The van der Waals surface area contributed by atoms with Crippen LogP contribution in [0.25, 0.3) is 10.8 Å². The zero-order valence-electron chi connectivity index (χ0n) is 12.5. The smallest absolute Gasteiger partial charge is 0.324 e. The Balaban J connectivity index is 1.84. The molecule has 116 valence electrons. The van der Waals surface area contributed by atoms with Crippen LogP contribution in [0, 0.1) is 0 Å². The average Bonchev–Trinajstić information content (AvgIpc) is 2.57. The number of carbonyl (C=O) groups is 1. The quantitative estimate of drug-likeness (QED) is 0.836. The van der Waals surface area contributed by atoms with Crippen molar-refractivity contribution in [1.29, 1.82) is 0 Å². The highest BCUT2D eigenvalue weighted by Crippen LogP contribution is 2.26. The molecular formula is C17H20NO3S+. The third-order valence-electron chi connectivity index (χ3n) is 4.16. The lowest BCUT2D eigenvalue weighted by atomic mass is 10.0. The number of benzene rings is 2. The maximum Gasteiger partial charge on any atom is 0.324 e. The van der Waals surface area contributed by atoms with E-state index in [1.165, 1.54) is 12.0 Å². The molecule has 1 heterocycles. The van der Waals surface area contributed by atoms with Crippen molar-refractivity contribution in [2.45, 2.75) is 11.8 Å². The number of carbonyl (C=O) groups excluding carboxylic acids is 1. The molecule has 1 aliphatic heterocycles. The van der Waals surface area contributed by atoms with Crippen molar-refractivity contribution in [2.24, 2.45) is 0 Å². The number of nitrogens with one attached hydrogen (secondary N) is 1. The molecule has 2 N–H and O–H groups in total. The lowest BCUT2D eigenvalue weighted by Crippen LogP contribution is -3.13. The summed E-state index contributed by atoms with van der Waals surface area (Å²) in [6, 6.07) is 11.8. The number of quaternary nitrogens is 1. The van der Waals surface area contributed by atoms with Gasteiger partial charge in [0.25, 0.3) is 0 Å². The molecule has 0 spiro atoms. The van der Waals surface area contributed by atoms with Crippen LogP contribution in [0.15, 0.2) is 36.4 Å². The van der Waals surface area contributed by atoms with Gasteiger partial charge in [-0.2, -0.15) is 0 Å². The Kier molecular flexibility index (Phi) is 4.55. The Bertz CT molecular complexity index is 689. The molecule has 3 rings (SSSR count). The zero-order chi connectivity index (χ0) is 15.5. The van der Waals surface area contributed by atoms with E-state index in [9.17, 15) is 9.90 Å². The first-order valence-corrected chi connectivity index (χ1v) is 8.46. The molecular weight excluding hydrogens is 298 g/mol. The maximum atomic E-state index is 11.7. The van der Waals surface area contributed by atoms with Gasteiger partial charge in [0.15, 0.2) is 5.25 Å². The van der Waals surface area contributed by atoms with Crippen LogP contribution < -0.4 is 4.90 Å². The fourth-order valence-corrected chi connectivity index (χ4v) is 4.25. The highest BCUT2D eigenvalue weighted by atomic mass is 32.2. The number of hydrogen-bond donors (Lipinski definition) is 2. The van der Waals surface area contributed by atoms with Gasteiger partial charge in [-0.05, 0) is 16.8 Å². The number of phenols is 1. The van der Waals surface area contributed by atoms with Crippen LogP contribution >= 0.6 is 11.8 Å². The lowest BCUT2D eigenvalue weighted by Gasteiger charge is -2.28. The van der Waals surface area contributed by atoms with Crippen LogP contribution in [-0.2, 0) is 16.1 Å². The van der Waals surface area contributed by atoms with E-state index < -0.39 is 0 Å². The summed E-state index contributed by atoms with van der Waals surface area (Å²) in [5.41, 5.74) is 0.962. The number of aromatic hydroxyl groups is 1. The van der Waals surface area contributed by atoms with E-state index >= 15 is 0 Å². The minimum Gasteiger partial charge on any atom is -0.507 e. The number of thioether (sulfide) groups is 1. The summed E-state index contributed by atoms with van der Waals surface area (Å²) in [6.45, 7) is 2.45. The largest absolute Gasteiger partial charge is 0.507 e. The second-order valence-electron chi connectivity index (χ2n) is 5.55. The van der Waals surface area contributed by atoms with E-state index in [0.29, 0.717) is 5.75 Å². The number of phenolic OH excluding ortho intramolecular Hbond substituents is 1. The van der Waals surface area contributed by atoms with Gasteiger partial charge in [0.1, 0.15) is 18.8 Å². The summed E-state index contributed by atoms with van der Waals surface area (Å²) in [4.78, 5) is 13.0. The summed E-state index contributed by atoms with van der Waals surface area (Å²) in [5.74, 6) is 1.11. The van der Waals surface area contributed by atoms with E-state index in [2.05, 4.69) is 6.07 Å². The van der Waals surface area contributed by atoms with Crippen molar-refractivity contribution in [3.05, 3.63) is 42.0 Å². The van der Waals surface area contributed by atoms with Crippen LogP contribution in [-0.4, -0.2) is 42.3 Å². The summed E-state index contributed by atoms with van der Waals surface area (Å²) >= 11 is 1.66. The molecule has 0 aliphatic carbocycles. The van der Waals surface area contributed by atoms with Gasteiger partial charge in [0.2, 0.25) is 0 Å². The monoisotopic (exact) mass is 318 g/mol. The Morgan fingerprint density at radius 2 is 2.18 bits per heavy atom. The van der Waals surface area contributed by atoms with E-state index in [0.717, 1.165) is 41.7 Å². The van der Waals surface area contributed by atoms with Crippen LogP contribution in [0.5, 0.6) is 5.75 Å². The van der Waals surface area contributed by atoms with E-state index in [4.69, 9.17) is 4.74 Å². The highest BCUT2D eigenvalue weighted by molar-refractivity contribution is 8.00. The van der Waals surface area contributed by atoms with Gasteiger partial charge in [-0.15, -0.1) is 11.8 Å². The van der Waals surface area contributed by atoms with Gasteiger partial charge in [-0.25, -0.2) is 0 Å². The number of fused-ring (bicyclic) bond motifs is 1. The number of methoxy groups -OCH3 is 1. The average molecular weight is 318 g/mol. The first kappa shape index (κ1) is 15.2. The minimum atomic E-state index is -0.149. The third-order valence-corrected chi connectivity index (χ3v) is 5.36. The molecule has 1 saturated heterocycles. The highest BCUT2D eigenvalue weighted by Gasteiger charge is 2.30. The zero-order valence-corrected chi connectivity index (χ0v) is 13.4. The molecule has 0 radical (unpaired) electrons. The summed E-state index contributed by atoms with van der Waals surface area (Å²) in [5, 5.41) is 12.4. The minimum absolute atomic E-state index is 0.106. The van der Waals surface area contributed by atoms with E-state index in [-0.39, 0.29) is 11.2 Å². The Hall–Kier alpha value is -1.72. The van der Waals surface area contributed by atoms with Crippen molar-refractivity contribution in [2.75, 3.05) is 26.0 Å². The standard InChI is InChI=1S/C17H19NO3S/c1-21-17(20)16-11-18(8-9-22-16)10-14-13-5-3-2-4-12(13)6-7-15(14)19/h2-7,16,19H,8-11H2,1H3/p+1/t16-/m0/s1. The van der Waals surface area contributed by atoms with Gasteiger partial charge in [-0.1, -0.05) is 30.3 Å². The summed E-state index contributed by atoms with van der Waals surface area (Å²) < 4.78 is 4.86.